The van der Waals surface area contributed by atoms with Crippen LogP contribution in [0.25, 0.3) is 0 Å². The molecule has 0 aromatic heterocycles. The number of benzene rings is 2. The van der Waals surface area contributed by atoms with Gasteiger partial charge in [0.05, 0.1) is 12.0 Å². The predicted octanol–water partition coefficient (Wildman–Crippen LogP) is 4.00. The van der Waals surface area contributed by atoms with Crippen molar-refractivity contribution in [2.75, 3.05) is 12.4 Å². The first-order chi connectivity index (χ1) is 11.6. The molecular formula is C19H19BrN2O2. The van der Waals surface area contributed by atoms with Crippen LogP contribution in [0.1, 0.15) is 24.4 Å². The molecule has 1 N–H and O–H groups in total. The number of anilines is 1. The van der Waals surface area contributed by atoms with E-state index in [2.05, 4.69) is 21.2 Å². The van der Waals surface area contributed by atoms with Crippen molar-refractivity contribution >= 4 is 33.4 Å². The second-order valence-electron chi connectivity index (χ2n) is 6.00. The van der Waals surface area contributed by atoms with E-state index in [1.165, 1.54) is 0 Å². The summed E-state index contributed by atoms with van der Waals surface area (Å²) in [4.78, 5) is 26.7. The SMILES string of the molecule is CN1C(=O)CC[C@H](C(=O)Nc2cccc(Br)c2)[C@@H]1c1ccccc1. The van der Waals surface area contributed by atoms with Gasteiger partial charge in [-0.15, -0.1) is 0 Å². The Morgan fingerprint density at radius 3 is 2.62 bits per heavy atom. The molecule has 0 spiro atoms. The molecule has 0 bridgehead atoms. The van der Waals surface area contributed by atoms with Gasteiger partial charge in [0.15, 0.2) is 0 Å². The predicted molar refractivity (Wildman–Crippen MR) is 97.4 cm³/mol. The monoisotopic (exact) mass is 386 g/mol. The van der Waals surface area contributed by atoms with E-state index in [9.17, 15) is 9.59 Å². The van der Waals surface area contributed by atoms with E-state index in [0.717, 1.165) is 15.7 Å². The Morgan fingerprint density at radius 1 is 1.17 bits per heavy atom. The molecule has 2 aromatic carbocycles. The Balaban J connectivity index is 1.86. The van der Waals surface area contributed by atoms with E-state index >= 15 is 0 Å². The molecule has 5 heteroatoms. The lowest BCUT2D eigenvalue weighted by atomic mass is 9.84. The second kappa shape index (κ2) is 7.18. The maximum absolute atomic E-state index is 12.9. The van der Waals surface area contributed by atoms with Crippen LogP contribution in [0.15, 0.2) is 59.1 Å². The third-order valence-electron chi connectivity index (χ3n) is 4.43. The van der Waals surface area contributed by atoms with Crippen LogP contribution in [0, 0.1) is 5.92 Å². The highest BCUT2D eigenvalue weighted by molar-refractivity contribution is 9.10. The fourth-order valence-electron chi connectivity index (χ4n) is 3.22. The molecule has 2 aromatic rings. The number of likely N-dealkylation sites (tertiary alicyclic amines) is 1. The van der Waals surface area contributed by atoms with Gasteiger partial charge in [-0.1, -0.05) is 52.3 Å². The van der Waals surface area contributed by atoms with Crippen LogP contribution in [0.5, 0.6) is 0 Å². The molecule has 1 aliphatic heterocycles. The zero-order valence-electron chi connectivity index (χ0n) is 13.4. The van der Waals surface area contributed by atoms with Crippen LogP contribution in [-0.4, -0.2) is 23.8 Å². The van der Waals surface area contributed by atoms with E-state index in [-0.39, 0.29) is 23.8 Å². The summed E-state index contributed by atoms with van der Waals surface area (Å²) in [6, 6.07) is 17.0. The molecule has 2 amide bonds. The number of halogens is 1. The number of hydrogen-bond donors (Lipinski definition) is 1. The molecule has 124 valence electrons. The Kier molecular flexibility index (Phi) is 5.00. The van der Waals surface area contributed by atoms with Crippen LogP contribution < -0.4 is 5.32 Å². The van der Waals surface area contributed by atoms with Gasteiger partial charge in [0, 0.05) is 23.6 Å². The molecule has 0 radical (unpaired) electrons. The molecule has 1 aliphatic rings. The van der Waals surface area contributed by atoms with Gasteiger partial charge in [0.1, 0.15) is 0 Å². The van der Waals surface area contributed by atoms with Gasteiger partial charge in [-0.2, -0.15) is 0 Å². The number of carbonyl (C=O) groups is 2. The number of carbonyl (C=O) groups excluding carboxylic acids is 2. The number of nitrogens with zero attached hydrogens (tertiary/aromatic N) is 1. The van der Waals surface area contributed by atoms with Gasteiger partial charge in [-0.3, -0.25) is 9.59 Å². The van der Waals surface area contributed by atoms with Gasteiger partial charge in [0.2, 0.25) is 11.8 Å². The molecule has 0 saturated carbocycles. The minimum Gasteiger partial charge on any atom is -0.338 e. The summed E-state index contributed by atoms with van der Waals surface area (Å²) in [6.45, 7) is 0. The van der Waals surface area contributed by atoms with Gasteiger partial charge < -0.3 is 10.2 Å². The molecule has 0 aliphatic carbocycles. The molecule has 1 fully saturated rings. The van der Waals surface area contributed by atoms with Crippen molar-refractivity contribution in [3.05, 3.63) is 64.6 Å². The van der Waals surface area contributed by atoms with Gasteiger partial charge >= 0.3 is 0 Å². The van der Waals surface area contributed by atoms with E-state index in [4.69, 9.17) is 0 Å². The molecule has 24 heavy (non-hydrogen) atoms. The van der Waals surface area contributed by atoms with Crippen LogP contribution in [0.4, 0.5) is 5.69 Å². The Morgan fingerprint density at radius 2 is 1.92 bits per heavy atom. The highest BCUT2D eigenvalue weighted by Gasteiger charge is 2.38. The van der Waals surface area contributed by atoms with E-state index < -0.39 is 0 Å². The molecular weight excluding hydrogens is 368 g/mol. The third kappa shape index (κ3) is 3.51. The van der Waals surface area contributed by atoms with Crippen molar-refractivity contribution in [3.8, 4) is 0 Å². The summed E-state index contributed by atoms with van der Waals surface area (Å²) in [5, 5.41) is 2.98. The van der Waals surface area contributed by atoms with E-state index in [0.29, 0.717) is 12.8 Å². The first-order valence-corrected chi connectivity index (χ1v) is 8.72. The number of amides is 2. The van der Waals surface area contributed by atoms with Crippen LogP contribution in [-0.2, 0) is 9.59 Å². The molecule has 2 atom stereocenters. The molecule has 3 rings (SSSR count). The topological polar surface area (TPSA) is 49.4 Å². The largest absolute Gasteiger partial charge is 0.338 e. The van der Waals surface area contributed by atoms with Gasteiger partial charge in [-0.25, -0.2) is 0 Å². The van der Waals surface area contributed by atoms with Crippen molar-refractivity contribution < 1.29 is 9.59 Å². The summed E-state index contributed by atoms with van der Waals surface area (Å²) in [6.07, 6.45) is 0.957. The Bertz CT molecular complexity index is 748. The number of nitrogens with one attached hydrogen (secondary N) is 1. The molecule has 0 unspecified atom stereocenters. The highest BCUT2D eigenvalue weighted by Crippen LogP contribution is 2.36. The van der Waals surface area contributed by atoms with Crippen molar-refractivity contribution in [3.63, 3.8) is 0 Å². The van der Waals surface area contributed by atoms with Crippen molar-refractivity contribution in [1.82, 2.24) is 4.90 Å². The first kappa shape index (κ1) is 16.7. The number of rotatable bonds is 3. The maximum Gasteiger partial charge on any atom is 0.229 e. The summed E-state index contributed by atoms with van der Waals surface area (Å²) in [5.41, 5.74) is 1.74. The fourth-order valence-corrected chi connectivity index (χ4v) is 3.62. The van der Waals surface area contributed by atoms with Gasteiger partial charge in [-0.05, 0) is 30.2 Å². The lowest BCUT2D eigenvalue weighted by Gasteiger charge is -2.38. The van der Waals surface area contributed by atoms with Gasteiger partial charge in [0.25, 0.3) is 0 Å². The Hall–Kier alpha value is -2.14. The normalized spacial score (nSPS) is 20.8. The smallest absolute Gasteiger partial charge is 0.229 e. The first-order valence-electron chi connectivity index (χ1n) is 7.93. The fraction of sp³-hybridized carbons (Fsp3) is 0.263. The van der Waals surface area contributed by atoms with Crippen molar-refractivity contribution in [2.45, 2.75) is 18.9 Å². The highest BCUT2D eigenvalue weighted by atomic mass is 79.9. The summed E-state index contributed by atoms with van der Waals surface area (Å²) < 4.78 is 0.913. The lowest BCUT2D eigenvalue weighted by Crippen LogP contribution is -2.44. The second-order valence-corrected chi connectivity index (χ2v) is 6.92. The van der Waals surface area contributed by atoms with E-state index in [1.807, 2.05) is 54.6 Å². The minimum atomic E-state index is -0.269. The number of hydrogen-bond acceptors (Lipinski definition) is 2. The van der Waals surface area contributed by atoms with E-state index in [1.54, 1.807) is 11.9 Å². The summed E-state index contributed by atoms with van der Waals surface area (Å²) in [5.74, 6) is -0.245. The zero-order chi connectivity index (χ0) is 17.1. The van der Waals surface area contributed by atoms with Crippen LogP contribution >= 0.6 is 15.9 Å². The van der Waals surface area contributed by atoms with Crippen LogP contribution in [0.3, 0.4) is 0 Å². The summed E-state index contributed by atoms with van der Waals surface area (Å²) in [7, 11) is 1.78. The van der Waals surface area contributed by atoms with Crippen molar-refractivity contribution in [2.24, 2.45) is 5.92 Å². The van der Waals surface area contributed by atoms with Crippen molar-refractivity contribution in [1.29, 1.82) is 0 Å². The lowest BCUT2D eigenvalue weighted by molar-refractivity contribution is -0.140. The summed E-state index contributed by atoms with van der Waals surface area (Å²) >= 11 is 3.41. The Labute approximate surface area is 150 Å². The standard InChI is InChI=1S/C19H19BrN2O2/c1-22-17(23)11-10-16(18(22)13-6-3-2-4-7-13)19(24)21-15-9-5-8-14(20)12-15/h2-9,12,16,18H,10-11H2,1H3,(H,21,24)/t16-,18-/m0/s1. The minimum absolute atomic E-state index is 0.0543. The number of piperidine rings is 1. The quantitative estimate of drug-likeness (QED) is 0.866. The molecule has 4 nitrogen and oxygen atoms in total. The molecule has 1 heterocycles. The molecule has 1 saturated heterocycles. The average molecular weight is 387 g/mol. The van der Waals surface area contributed by atoms with Crippen LogP contribution in [0.2, 0.25) is 0 Å². The maximum atomic E-state index is 12.9. The zero-order valence-corrected chi connectivity index (χ0v) is 15.0. The third-order valence-corrected chi connectivity index (χ3v) is 4.92. The average Bonchev–Trinajstić information content (AvgIpc) is 2.58.